The Bertz CT molecular complexity index is 393. The molecule has 0 saturated carbocycles. The Morgan fingerprint density at radius 3 is 2.65 bits per heavy atom. The van der Waals surface area contributed by atoms with Crippen LogP contribution in [0.25, 0.3) is 0 Å². The molecular formula is C15H24N2O3. The van der Waals surface area contributed by atoms with Gasteiger partial charge in [-0.25, -0.2) is 0 Å². The van der Waals surface area contributed by atoms with Crippen LogP contribution in [0.2, 0.25) is 0 Å². The highest BCUT2D eigenvalue weighted by molar-refractivity contribution is 5.75. The normalized spacial score (nSPS) is 10.3. The highest BCUT2D eigenvalue weighted by Gasteiger charge is 2.08. The minimum absolute atomic E-state index is 0.0651. The summed E-state index contributed by atoms with van der Waals surface area (Å²) in [4.78, 5) is 13.4. The van der Waals surface area contributed by atoms with Crippen molar-refractivity contribution in [3.8, 4) is 5.75 Å². The maximum Gasteiger partial charge on any atom is 0.225 e. The SMILES string of the molecule is CN(CCCN)C(=O)CCOc1ccc(CCO)cc1. The Hall–Kier alpha value is -1.59. The van der Waals surface area contributed by atoms with Crippen molar-refractivity contribution in [3.63, 3.8) is 0 Å². The number of benzene rings is 1. The fraction of sp³-hybridized carbons (Fsp3) is 0.533. The molecule has 1 aromatic carbocycles. The summed E-state index contributed by atoms with van der Waals surface area (Å²) in [6.07, 6.45) is 1.82. The van der Waals surface area contributed by atoms with E-state index >= 15 is 0 Å². The molecule has 1 rings (SSSR count). The fourth-order valence-corrected chi connectivity index (χ4v) is 1.78. The van der Waals surface area contributed by atoms with E-state index in [4.69, 9.17) is 15.6 Å². The second-order valence-electron chi connectivity index (χ2n) is 4.67. The predicted octanol–water partition coefficient (Wildman–Crippen LogP) is 0.797. The first-order chi connectivity index (χ1) is 9.67. The number of amides is 1. The van der Waals surface area contributed by atoms with Crippen LogP contribution in [0.15, 0.2) is 24.3 Å². The third-order valence-corrected chi connectivity index (χ3v) is 3.03. The van der Waals surface area contributed by atoms with Gasteiger partial charge in [-0.1, -0.05) is 12.1 Å². The lowest BCUT2D eigenvalue weighted by Gasteiger charge is -2.16. The number of ether oxygens (including phenoxy) is 1. The molecule has 5 heteroatoms. The van der Waals surface area contributed by atoms with Gasteiger partial charge in [0.05, 0.1) is 13.0 Å². The fourth-order valence-electron chi connectivity index (χ4n) is 1.78. The summed E-state index contributed by atoms with van der Waals surface area (Å²) in [5.74, 6) is 0.805. The summed E-state index contributed by atoms with van der Waals surface area (Å²) < 4.78 is 5.53. The second-order valence-corrected chi connectivity index (χ2v) is 4.67. The molecule has 0 atom stereocenters. The summed E-state index contributed by atoms with van der Waals surface area (Å²) in [7, 11) is 1.78. The van der Waals surface area contributed by atoms with Crippen LogP contribution in [-0.4, -0.2) is 49.3 Å². The minimum atomic E-state index is 0.0651. The standard InChI is InChI=1S/C15H24N2O3/c1-17(10-2-9-16)15(19)8-12-20-14-5-3-13(4-6-14)7-11-18/h3-6,18H,2,7-12,16H2,1H3. The van der Waals surface area contributed by atoms with Crippen LogP contribution < -0.4 is 10.5 Å². The molecule has 1 aromatic rings. The Labute approximate surface area is 120 Å². The van der Waals surface area contributed by atoms with E-state index in [-0.39, 0.29) is 12.5 Å². The van der Waals surface area contributed by atoms with E-state index in [0.29, 0.717) is 32.5 Å². The van der Waals surface area contributed by atoms with E-state index in [1.54, 1.807) is 11.9 Å². The van der Waals surface area contributed by atoms with E-state index in [2.05, 4.69) is 0 Å². The number of aliphatic hydroxyl groups excluding tert-OH is 1. The maximum atomic E-state index is 11.8. The second kappa shape index (κ2) is 9.34. The van der Waals surface area contributed by atoms with E-state index in [1.165, 1.54) is 0 Å². The maximum absolute atomic E-state index is 11.8. The largest absolute Gasteiger partial charge is 0.493 e. The molecule has 20 heavy (non-hydrogen) atoms. The first-order valence-corrected chi connectivity index (χ1v) is 6.94. The molecule has 0 aliphatic carbocycles. The van der Waals surface area contributed by atoms with Gasteiger partial charge in [0, 0.05) is 20.2 Å². The van der Waals surface area contributed by atoms with Crippen molar-refractivity contribution in [2.24, 2.45) is 5.73 Å². The van der Waals surface area contributed by atoms with Crippen molar-refractivity contribution in [2.75, 3.05) is 33.4 Å². The smallest absolute Gasteiger partial charge is 0.225 e. The average molecular weight is 280 g/mol. The van der Waals surface area contributed by atoms with Crippen molar-refractivity contribution in [1.82, 2.24) is 4.90 Å². The van der Waals surface area contributed by atoms with E-state index in [0.717, 1.165) is 17.7 Å². The van der Waals surface area contributed by atoms with Gasteiger partial charge in [0.15, 0.2) is 0 Å². The third kappa shape index (κ3) is 6.04. The molecule has 0 unspecified atom stereocenters. The zero-order valence-corrected chi connectivity index (χ0v) is 12.0. The molecule has 0 radical (unpaired) electrons. The monoisotopic (exact) mass is 280 g/mol. The number of carbonyl (C=O) groups is 1. The number of hydrogen-bond acceptors (Lipinski definition) is 4. The van der Waals surface area contributed by atoms with E-state index in [1.807, 2.05) is 24.3 Å². The van der Waals surface area contributed by atoms with Gasteiger partial charge in [-0.3, -0.25) is 4.79 Å². The third-order valence-electron chi connectivity index (χ3n) is 3.03. The van der Waals surface area contributed by atoms with Crippen LogP contribution in [0.4, 0.5) is 0 Å². The summed E-state index contributed by atoms with van der Waals surface area (Å²) >= 11 is 0. The first-order valence-electron chi connectivity index (χ1n) is 6.94. The van der Waals surface area contributed by atoms with Gasteiger partial charge < -0.3 is 20.5 Å². The van der Waals surface area contributed by atoms with E-state index < -0.39 is 0 Å². The topological polar surface area (TPSA) is 75.8 Å². The summed E-state index contributed by atoms with van der Waals surface area (Å²) in [5.41, 5.74) is 6.48. The van der Waals surface area contributed by atoms with Crippen LogP contribution in [0.3, 0.4) is 0 Å². The number of aliphatic hydroxyl groups is 1. The average Bonchev–Trinajstić information content (AvgIpc) is 2.46. The van der Waals surface area contributed by atoms with E-state index in [9.17, 15) is 4.79 Å². The molecule has 5 nitrogen and oxygen atoms in total. The summed E-state index contributed by atoms with van der Waals surface area (Å²) in [6, 6.07) is 7.54. The molecular weight excluding hydrogens is 256 g/mol. The minimum Gasteiger partial charge on any atom is -0.493 e. The molecule has 0 aliphatic rings. The lowest BCUT2D eigenvalue weighted by Crippen LogP contribution is -2.29. The molecule has 0 aromatic heterocycles. The Kier molecular flexibility index (Phi) is 7.69. The van der Waals surface area contributed by atoms with Gasteiger partial charge in [0.25, 0.3) is 0 Å². The predicted molar refractivity (Wildman–Crippen MR) is 78.7 cm³/mol. The van der Waals surface area contributed by atoms with Crippen molar-refractivity contribution in [1.29, 1.82) is 0 Å². The van der Waals surface area contributed by atoms with Gasteiger partial charge in [-0.05, 0) is 37.1 Å². The van der Waals surface area contributed by atoms with Gasteiger partial charge in [-0.15, -0.1) is 0 Å². The number of carbonyl (C=O) groups excluding carboxylic acids is 1. The first kappa shape index (κ1) is 16.5. The Balaban J connectivity index is 2.27. The molecule has 0 saturated heterocycles. The summed E-state index contributed by atoms with van der Waals surface area (Å²) in [5, 5.41) is 8.82. The van der Waals surface area contributed by atoms with Gasteiger partial charge >= 0.3 is 0 Å². The molecule has 112 valence electrons. The molecule has 1 amide bonds. The molecule has 0 spiro atoms. The van der Waals surface area contributed by atoms with Crippen molar-refractivity contribution >= 4 is 5.91 Å². The Morgan fingerprint density at radius 1 is 1.35 bits per heavy atom. The molecule has 3 N–H and O–H groups in total. The Morgan fingerprint density at radius 2 is 2.05 bits per heavy atom. The van der Waals surface area contributed by atoms with Crippen molar-refractivity contribution < 1.29 is 14.6 Å². The van der Waals surface area contributed by atoms with Crippen molar-refractivity contribution in [3.05, 3.63) is 29.8 Å². The van der Waals surface area contributed by atoms with Crippen LogP contribution >= 0.6 is 0 Å². The highest BCUT2D eigenvalue weighted by atomic mass is 16.5. The number of rotatable bonds is 9. The zero-order chi connectivity index (χ0) is 14.8. The van der Waals surface area contributed by atoms with Crippen LogP contribution in [-0.2, 0) is 11.2 Å². The van der Waals surface area contributed by atoms with Crippen molar-refractivity contribution in [2.45, 2.75) is 19.3 Å². The highest BCUT2D eigenvalue weighted by Crippen LogP contribution is 2.12. The molecule has 0 fully saturated rings. The van der Waals surface area contributed by atoms with Gasteiger partial charge in [0.2, 0.25) is 5.91 Å². The quantitative estimate of drug-likeness (QED) is 0.701. The van der Waals surface area contributed by atoms with Crippen LogP contribution in [0.5, 0.6) is 5.75 Å². The number of nitrogens with zero attached hydrogens (tertiary/aromatic N) is 1. The van der Waals surface area contributed by atoms with Gasteiger partial charge in [-0.2, -0.15) is 0 Å². The lowest BCUT2D eigenvalue weighted by molar-refractivity contribution is -0.130. The van der Waals surface area contributed by atoms with Crippen LogP contribution in [0.1, 0.15) is 18.4 Å². The lowest BCUT2D eigenvalue weighted by atomic mass is 10.1. The number of nitrogens with two attached hydrogens (primary N) is 1. The summed E-state index contributed by atoms with van der Waals surface area (Å²) in [6.45, 7) is 1.79. The number of hydrogen-bond donors (Lipinski definition) is 2. The molecule has 0 bridgehead atoms. The molecule has 0 aliphatic heterocycles. The van der Waals surface area contributed by atoms with Gasteiger partial charge in [0.1, 0.15) is 5.75 Å². The van der Waals surface area contributed by atoms with Crippen LogP contribution in [0, 0.1) is 0 Å². The molecule has 0 heterocycles. The zero-order valence-electron chi connectivity index (χ0n) is 12.0.